The van der Waals surface area contributed by atoms with Gasteiger partial charge in [-0.2, -0.15) is 0 Å². The normalized spacial score (nSPS) is 20.4. The zero-order valence-electron chi connectivity index (χ0n) is 10.5. The molecule has 0 aromatic heterocycles. The average Bonchev–Trinajstić information content (AvgIpc) is 1.95. The molecule has 1 amide bonds. The third-order valence-electron chi connectivity index (χ3n) is 2.72. The highest BCUT2D eigenvalue weighted by Crippen LogP contribution is 2.31. The van der Waals surface area contributed by atoms with Crippen molar-refractivity contribution in [2.24, 2.45) is 5.92 Å². The number of carbonyl (C=O) groups is 2. The third-order valence-corrected chi connectivity index (χ3v) is 2.72. The van der Waals surface area contributed by atoms with Crippen LogP contribution in [0.4, 0.5) is 9.18 Å². The fourth-order valence-corrected chi connectivity index (χ4v) is 1.47. The summed E-state index contributed by atoms with van der Waals surface area (Å²) in [6, 6.07) is 0. The number of rotatable bonds is 2. The van der Waals surface area contributed by atoms with E-state index < -0.39 is 29.3 Å². The molecule has 1 unspecified atom stereocenters. The smallest absolute Gasteiger partial charge is 0.410 e. The molecule has 1 fully saturated rings. The number of carboxylic acid groups (broad SMARTS) is 1. The maximum absolute atomic E-state index is 13.7. The summed E-state index contributed by atoms with van der Waals surface area (Å²) in [4.78, 5) is 23.5. The molecule has 1 saturated heterocycles. The Hall–Kier alpha value is -1.33. The average molecular weight is 247 g/mol. The Morgan fingerprint density at radius 2 is 1.76 bits per heavy atom. The molecule has 0 radical (unpaired) electrons. The highest BCUT2D eigenvalue weighted by Gasteiger charge is 2.50. The molecule has 0 aromatic rings. The Balaban J connectivity index is 2.47. The van der Waals surface area contributed by atoms with Crippen LogP contribution in [0.1, 0.15) is 27.7 Å². The molecule has 0 spiro atoms. The van der Waals surface area contributed by atoms with E-state index in [0.29, 0.717) is 0 Å². The Kier molecular flexibility index (Phi) is 3.36. The van der Waals surface area contributed by atoms with Gasteiger partial charge in [0.25, 0.3) is 0 Å². The Morgan fingerprint density at radius 1 is 1.29 bits per heavy atom. The van der Waals surface area contributed by atoms with Gasteiger partial charge in [-0.3, -0.25) is 0 Å². The van der Waals surface area contributed by atoms with Crippen LogP contribution < -0.4 is 0 Å². The number of carbonyl (C=O) groups excluding carboxylic acids is 1. The van der Waals surface area contributed by atoms with Gasteiger partial charge in [-0.25, -0.2) is 14.0 Å². The molecular weight excluding hydrogens is 229 g/mol. The van der Waals surface area contributed by atoms with E-state index in [1.54, 1.807) is 20.8 Å². The van der Waals surface area contributed by atoms with E-state index in [-0.39, 0.29) is 13.1 Å². The summed E-state index contributed by atoms with van der Waals surface area (Å²) in [5, 5.41) is 8.68. The Labute approximate surface area is 99.5 Å². The van der Waals surface area contributed by atoms with Crippen molar-refractivity contribution in [3.63, 3.8) is 0 Å². The number of carboxylic acids is 1. The predicted octanol–water partition coefficient (Wildman–Crippen LogP) is 1.67. The second-order valence-corrected chi connectivity index (χ2v) is 5.46. The maximum Gasteiger partial charge on any atom is 0.410 e. The number of ether oxygens (including phenoxy) is 1. The summed E-state index contributed by atoms with van der Waals surface area (Å²) in [6.07, 6.45) is -0.532. The number of aliphatic carboxylic acids is 1. The summed E-state index contributed by atoms with van der Waals surface area (Å²) in [5.41, 5.74) is -2.90. The zero-order chi connectivity index (χ0) is 13.4. The minimum absolute atomic E-state index is 0.0776. The van der Waals surface area contributed by atoms with Crippen LogP contribution >= 0.6 is 0 Å². The molecule has 0 aromatic carbocycles. The second-order valence-electron chi connectivity index (χ2n) is 5.46. The fraction of sp³-hybridized carbons (Fsp3) is 0.818. The number of amides is 1. The van der Waals surface area contributed by atoms with E-state index in [2.05, 4.69) is 0 Å². The van der Waals surface area contributed by atoms with E-state index in [9.17, 15) is 14.0 Å². The molecule has 1 atom stereocenters. The lowest BCUT2D eigenvalue weighted by Gasteiger charge is -2.43. The first-order valence-corrected chi connectivity index (χ1v) is 5.44. The van der Waals surface area contributed by atoms with Crippen LogP contribution in [0.2, 0.25) is 0 Å². The summed E-state index contributed by atoms with van der Waals surface area (Å²) in [5.74, 6) is -2.17. The molecule has 1 aliphatic heterocycles. The molecule has 1 heterocycles. The standard InChI is InChI=1S/C11H18FNO4/c1-10(2,3)17-9(16)13-5-7(6-13)11(4,12)8(14)15/h7H,5-6H2,1-4H3,(H,14,15). The lowest BCUT2D eigenvalue weighted by atomic mass is 9.85. The van der Waals surface area contributed by atoms with Gasteiger partial charge in [0.15, 0.2) is 0 Å². The van der Waals surface area contributed by atoms with Gasteiger partial charge in [-0.05, 0) is 27.7 Å². The molecule has 98 valence electrons. The van der Waals surface area contributed by atoms with Crippen molar-refractivity contribution in [1.82, 2.24) is 4.90 Å². The van der Waals surface area contributed by atoms with Crippen molar-refractivity contribution in [3.8, 4) is 0 Å². The lowest BCUT2D eigenvalue weighted by Crippen LogP contribution is -2.60. The minimum Gasteiger partial charge on any atom is -0.479 e. The Bertz CT molecular complexity index is 329. The number of alkyl halides is 1. The predicted molar refractivity (Wildman–Crippen MR) is 58.4 cm³/mol. The van der Waals surface area contributed by atoms with E-state index in [0.717, 1.165) is 6.92 Å². The number of halogens is 1. The van der Waals surface area contributed by atoms with Gasteiger partial charge < -0.3 is 14.7 Å². The molecule has 1 rings (SSSR count). The number of likely N-dealkylation sites (tertiary alicyclic amines) is 1. The first-order valence-electron chi connectivity index (χ1n) is 5.44. The van der Waals surface area contributed by atoms with Gasteiger partial charge in [0.1, 0.15) is 5.60 Å². The van der Waals surface area contributed by atoms with Crippen LogP contribution in [0.5, 0.6) is 0 Å². The molecular formula is C11H18FNO4. The summed E-state index contributed by atoms with van der Waals surface area (Å²) >= 11 is 0. The largest absolute Gasteiger partial charge is 0.479 e. The number of hydrogen-bond acceptors (Lipinski definition) is 3. The van der Waals surface area contributed by atoms with Crippen LogP contribution in [-0.4, -0.2) is 46.4 Å². The third kappa shape index (κ3) is 3.08. The molecule has 1 aliphatic rings. The van der Waals surface area contributed by atoms with Gasteiger partial charge in [-0.15, -0.1) is 0 Å². The minimum atomic E-state index is -2.29. The lowest BCUT2D eigenvalue weighted by molar-refractivity contribution is -0.158. The van der Waals surface area contributed by atoms with E-state index in [1.165, 1.54) is 4.90 Å². The van der Waals surface area contributed by atoms with E-state index >= 15 is 0 Å². The van der Waals surface area contributed by atoms with Crippen LogP contribution in [-0.2, 0) is 9.53 Å². The van der Waals surface area contributed by atoms with Crippen molar-refractivity contribution in [3.05, 3.63) is 0 Å². The van der Waals surface area contributed by atoms with Crippen LogP contribution in [0.15, 0.2) is 0 Å². The van der Waals surface area contributed by atoms with Crippen LogP contribution in [0.3, 0.4) is 0 Å². The number of nitrogens with zero attached hydrogens (tertiary/aromatic N) is 1. The topological polar surface area (TPSA) is 66.8 Å². The molecule has 0 bridgehead atoms. The van der Waals surface area contributed by atoms with Crippen LogP contribution in [0, 0.1) is 5.92 Å². The molecule has 0 aliphatic carbocycles. The monoisotopic (exact) mass is 247 g/mol. The van der Waals surface area contributed by atoms with E-state index in [1.807, 2.05) is 0 Å². The van der Waals surface area contributed by atoms with Gasteiger partial charge in [0.05, 0.1) is 0 Å². The quantitative estimate of drug-likeness (QED) is 0.806. The SMILES string of the molecule is CC(C)(C)OC(=O)N1CC(C(C)(F)C(=O)O)C1. The zero-order valence-corrected chi connectivity index (χ0v) is 10.5. The summed E-state index contributed by atoms with van der Waals surface area (Å²) in [7, 11) is 0. The van der Waals surface area contributed by atoms with Crippen molar-refractivity contribution >= 4 is 12.1 Å². The van der Waals surface area contributed by atoms with Crippen molar-refractivity contribution in [2.75, 3.05) is 13.1 Å². The first-order chi connectivity index (χ1) is 7.54. The number of hydrogen-bond donors (Lipinski definition) is 1. The second kappa shape index (κ2) is 4.16. The molecule has 17 heavy (non-hydrogen) atoms. The van der Waals surface area contributed by atoms with Crippen LogP contribution in [0.25, 0.3) is 0 Å². The summed E-state index contributed by atoms with van der Waals surface area (Å²) < 4.78 is 18.7. The summed E-state index contributed by atoms with van der Waals surface area (Å²) in [6.45, 7) is 6.38. The maximum atomic E-state index is 13.7. The fourth-order valence-electron chi connectivity index (χ4n) is 1.47. The van der Waals surface area contributed by atoms with Crippen molar-refractivity contribution in [1.29, 1.82) is 0 Å². The van der Waals surface area contributed by atoms with Crippen molar-refractivity contribution in [2.45, 2.75) is 39.0 Å². The molecule has 0 saturated carbocycles. The molecule has 1 N–H and O–H groups in total. The van der Waals surface area contributed by atoms with Gasteiger partial charge in [0, 0.05) is 19.0 Å². The van der Waals surface area contributed by atoms with Gasteiger partial charge in [0.2, 0.25) is 5.67 Å². The highest BCUT2D eigenvalue weighted by atomic mass is 19.1. The highest BCUT2D eigenvalue weighted by molar-refractivity contribution is 5.78. The first kappa shape index (κ1) is 13.7. The van der Waals surface area contributed by atoms with Crippen molar-refractivity contribution < 1.29 is 23.8 Å². The molecule has 5 nitrogen and oxygen atoms in total. The van der Waals surface area contributed by atoms with Gasteiger partial charge in [-0.1, -0.05) is 0 Å². The molecule has 6 heteroatoms. The van der Waals surface area contributed by atoms with E-state index in [4.69, 9.17) is 9.84 Å². The van der Waals surface area contributed by atoms with Gasteiger partial charge >= 0.3 is 12.1 Å². The Morgan fingerprint density at radius 3 is 2.12 bits per heavy atom.